The SMILES string of the molecule is CN=C(NCc1ccccc1)NCC(C)(C)NC(=O)OC(C)(C)C.I. The van der Waals surface area contributed by atoms with E-state index in [1.807, 2.05) is 65.0 Å². The lowest BCUT2D eigenvalue weighted by Crippen LogP contribution is -2.54. The fourth-order valence-corrected chi connectivity index (χ4v) is 1.93. The van der Waals surface area contributed by atoms with Gasteiger partial charge in [0.2, 0.25) is 0 Å². The lowest BCUT2D eigenvalue weighted by Gasteiger charge is -2.29. The number of rotatable bonds is 5. The molecule has 0 saturated carbocycles. The molecule has 1 rings (SSSR count). The van der Waals surface area contributed by atoms with Crippen LogP contribution < -0.4 is 16.0 Å². The number of nitrogens with one attached hydrogen (secondary N) is 3. The number of alkyl carbamates (subject to hydrolysis) is 1. The van der Waals surface area contributed by atoms with Gasteiger partial charge in [-0.2, -0.15) is 0 Å². The van der Waals surface area contributed by atoms with E-state index in [2.05, 4.69) is 20.9 Å². The molecule has 25 heavy (non-hydrogen) atoms. The summed E-state index contributed by atoms with van der Waals surface area (Å²) in [6.45, 7) is 10.6. The highest BCUT2D eigenvalue weighted by atomic mass is 127. The van der Waals surface area contributed by atoms with E-state index in [0.29, 0.717) is 19.0 Å². The van der Waals surface area contributed by atoms with Crippen LogP contribution in [0.3, 0.4) is 0 Å². The Balaban J connectivity index is 0.00000576. The van der Waals surface area contributed by atoms with E-state index in [9.17, 15) is 4.79 Å². The van der Waals surface area contributed by atoms with Crippen molar-refractivity contribution in [2.75, 3.05) is 13.6 Å². The third-order valence-electron chi connectivity index (χ3n) is 3.06. The van der Waals surface area contributed by atoms with Crippen LogP contribution in [-0.2, 0) is 11.3 Å². The van der Waals surface area contributed by atoms with Crippen molar-refractivity contribution in [1.29, 1.82) is 0 Å². The molecule has 0 heterocycles. The standard InChI is InChI=1S/C18H30N4O2.HI/c1-17(2,3)24-16(23)22-18(4,5)13-21-15(19-6)20-12-14-10-8-7-9-11-14;/h7-11H,12-13H2,1-6H3,(H,22,23)(H2,19,20,21);1H. The number of guanidine groups is 1. The van der Waals surface area contributed by atoms with Crippen LogP contribution in [0.2, 0.25) is 0 Å². The number of ether oxygens (including phenoxy) is 1. The molecule has 0 radical (unpaired) electrons. The summed E-state index contributed by atoms with van der Waals surface area (Å²) in [6.07, 6.45) is -0.429. The average molecular weight is 462 g/mol. The highest BCUT2D eigenvalue weighted by molar-refractivity contribution is 14.0. The number of hydrogen-bond donors (Lipinski definition) is 3. The lowest BCUT2D eigenvalue weighted by atomic mass is 10.1. The van der Waals surface area contributed by atoms with Crippen LogP contribution in [0, 0.1) is 0 Å². The maximum absolute atomic E-state index is 11.9. The predicted octanol–water partition coefficient (Wildman–Crippen LogP) is 3.27. The first-order valence-corrected chi connectivity index (χ1v) is 8.11. The number of hydrogen-bond acceptors (Lipinski definition) is 3. The fourth-order valence-electron chi connectivity index (χ4n) is 1.93. The number of carbonyl (C=O) groups is 1. The summed E-state index contributed by atoms with van der Waals surface area (Å²) in [6, 6.07) is 10.1. The zero-order valence-electron chi connectivity index (χ0n) is 16.0. The number of nitrogens with zero attached hydrogens (tertiary/aromatic N) is 1. The Labute approximate surface area is 168 Å². The third kappa shape index (κ3) is 10.9. The molecule has 3 N–H and O–H groups in total. The summed E-state index contributed by atoms with van der Waals surface area (Å²) >= 11 is 0. The van der Waals surface area contributed by atoms with Crippen LogP contribution in [0.1, 0.15) is 40.2 Å². The van der Waals surface area contributed by atoms with Crippen LogP contribution in [0.25, 0.3) is 0 Å². The topological polar surface area (TPSA) is 74.8 Å². The molecular weight excluding hydrogens is 431 g/mol. The van der Waals surface area contributed by atoms with E-state index in [4.69, 9.17) is 4.74 Å². The van der Waals surface area contributed by atoms with E-state index < -0.39 is 17.2 Å². The van der Waals surface area contributed by atoms with Crippen LogP contribution in [0.15, 0.2) is 35.3 Å². The van der Waals surface area contributed by atoms with Crippen molar-refractivity contribution in [3.63, 3.8) is 0 Å². The summed E-state index contributed by atoms with van der Waals surface area (Å²) in [4.78, 5) is 16.1. The van der Waals surface area contributed by atoms with Gasteiger partial charge < -0.3 is 20.7 Å². The first kappa shape index (κ1) is 23.5. The molecule has 0 bridgehead atoms. The minimum absolute atomic E-state index is 0. The first-order chi connectivity index (χ1) is 11.1. The molecule has 7 heteroatoms. The second kappa shape index (κ2) is 10.5. The molecule has 1 aromatic rings. The monoisotopic (exact) mass is 462 g/mol. The minimum atomic E-state index is -0.513. The van der Waals surface area contributed by atoms with Crippen molar-refractivity contribution in [1.82, 2.24) is 16.0 Å². The van der Waals surface area contributed by atoms with Gasteiger partial charge in [0.15, 0.2) is 5.96 Å². The molecule has 0 aliphatic heterocycles. The van der Waals surface area contributed by atoms with E-state index in [-0.39, 0.29) is 24.0 Å². The second-order valence-electron chi connectivity index (χ2n) is 7.28. The van der Waals surface area contributed by atoms with Gasteiger partial charge in [-0.3, -0.25) is 4.99 Å². The average Bonchev–Trinajstić information content (AvgIpc) is 2.45. The largest absolute Gasteiger partial charge is 0.444 e. The van der Waals surface area contributed by atoms with Gasteiger partial charge in [0.25, 0.3) is 0 Å². The Hall–Kier alpha value is -1.51. The van der Waals surface area contributed by atoms with Gasteiger partial charge in [-0.05, 0) is 40.2 Å². The van der Waals surface area contributed by atoms with Gasteiger partial charge in [0.1, 0.15) is 5.60 Å². The van der Waals surface area contributed by atoms with E-state index >= 15 is 0 Å². The Bertz CT molecular complexity index is 554. The molecule has 0 aliphatic carbocycles. The molecule has 0 fully saturated rings. The Morgan fingerprint density at radius 3 is 2.20 bits per heavy atom. The van der Waals surface area contributed by atoms with Crippen LogP contribution in [-0.4, -0.2) is 36.8 Å². The van der Waals surface area contributed by atoms with Gasteiger partial charge in [-0.15, -0.1) is 24.0 Å². The summed E-state index contributed by atoms with van der Waals surface area (Å²) in [5.74, 6) is 0.679. The number of aliphatic imine (C=N–C) groups is 1. The minimum Gasteiger partial charge on any atom is -0.444 e. The van der Waals surface area contributed by atoms with Gasteiger partial charge >= 0.3 is 6.09 Å². The van der Waals surface area contributed by atoms with Crippen LogP contribution in [0.4, 0.5) is 4.79 Å². The van der Waals surface area contributed by atoms with E-state index in [0.717, 1.165) is 0 Å². The highest BCUT2D eigenvalue weighted by Gasteiger charge is 2.24. The molecule has 1 aromatic carbocycles. The summed E-state index contributed by atoms with van der Waals surface area (Å²) in [5.41, 5.74) is 0.180. The van der Waals surface area contributed by atoms with Crippen LogP contribution >= 0.6 is 24.0 Å². The van der Waals surface area contributed by atoms with Crippen molar-refractivity contribution in [2.24, 2.45) is 4.99 Å². The van der Waals surface area contributed by atoms with Gasteiger partial charge in [-0.1, -0.05) is 30.3 Å². The zero-order chi connectivity index (χ0) is 18.2. The Kier molecular flexibility index (Phi) is 9.84. The molecule has 142 valence electrons. The molecule has 0 aliphatic rings. The molecule has 1 amide bonds. The predicted molar refractivity (Wildman–Crippen MR) is 114 cm³/mol. The van der Waals surface area contributed by atoms with Crippen molar-refractivity contribution in [3.8, 4) is 0 Å². The van der Waals surface area contributed by atoms with Crippen molar-refractivity contribution >= 4 is 36.0 Å². The second-order valence-corrected chi connectivity index (χ2v) is 7.28. The summed E-state index contributed by atoms with van der Waals surface area (Å²) in [7, 11) is 1.72. The van der Waals surface area contributed by atoms with Crippen LogP contribution in [0.5, 0.6) is 0 Å². The highest BCUT2D eigenvalue weighted by Crippen LogP contribution is 2.09. The molecule has 0 aromatic heterocycles. The lowest BCUT2D eigenvalue weighted by molar-refractivity contribution is 0.0474. The third-order valence-corrected chi connectivity index (χ3v) is 3.06. The number of halogens is 1. The number of carbonyl (C=O) groups excluding carboxylic acids is 1. The van der Waals surface area contributed by atoms with Crippen molar-refractivity contribution in [2.45, 2.75) is 52.3 Å². The van der Waals surface area contributed by atoms with Crippen molar-refractivity contribution in [3.05, 3.63) is 35.9 Å². The Morgan fingerprint density at radius 1 is 1.08 bits per heavy atom. The molecule has 0 saturated heterocycles. The zero-order valence-corrected chi connectivity index (χ0v) is 18.3. The first-order valence-electron chi connectivity index (χ1n) is 8.11. The summed E-state index contributed by atoms with van der Waals surface area (Å²) in [5, 5.41) is 9.32. The Morgan fingerprint density at radius 2 is 1.68 bits per heavy atom. The molecule has 0 unspecified atom stereocenters. The van der Waals surface area contributed by atoms with Gasteiger partial charge in [0.05, 0.1) is 5.54 Å². The molecule has 6 nitrogen and oxygen atoms in total. The molecule has 0 atom stereocenters. The quantitative estimate of drug-likeness (QED) is 0.357. The van der Waals surface area contributed by atoms with Crippen molar-refractivity contribution < 1.29 is 9.53 Å². The molecular formula is C18H31IN4O2. The fraction of sp³-hybridized carbons (Fsp3) is 0.556. The maximum atomic E-state index is 11.9. The maximum Gasteiger partial charge on any atom is 0.408 e. The molecule has 0 spiro atoms. The van der Waals surface area contributed by atoms with E-state index in [1.165, 1.54) is 5.56 Å². The smallest absolute Gasteiger partial charge is 0.408 e. The van der Waals surface area contributed by atoms with Gasteiger partial charge in [0, 0.05) is 20.1 Å². The number of amides is 1. The van der Waals surface area contributed by atoms with Gasteiger partial charge in [-0.25, -0.2) is 4.79 Å². The van der Waals surface area contributed by atoms with E-state index in [1.54, 1.807) is 7.05 Å². The number of benzene rings is 1. The normalized spacial score (nSPS) is 12.0. The summed E-state index contributed by atoms with van der Waals surface area (Å²) < 4.78 is 5.29.